The van der Waals surface area contributed by atoms with Gasteiger partial charge in [-0.15, -0.1) is 0 Å². The van der Waals surface area contributed by atoms with Gasteiger partial charge in [-0.05, 0) is 31.4 Å². The molecule has 0 bridgehead atoms. The first-order valence-corrected chi connectivity index (χ1v) is 8.62. The molecule has 0 spiro atoms. The summed E-state index contributed by atoms with van der Waals surface area (Å²) in [5.41, 5.74) is 1.70. The second-order valence-corrected chi connectivity index (χ2v) is 6.52. The lowest BCUT2D eigenvalue weighted by atomic mass is 9.93. The molecular formula is C21H21NO4. The molecule has 26 heavy (non-hydrogen) atoms. The lowest BCUT2D eigenvalue weighted by Crippen LogP contribution is -2.44. The van der Waals surface area contributed by atoms with Gasteiger partial charge in [0.05, 0.1) is 6.04 Å². The van der Waals surface area contributed by atoms with Gasteiger partial charge in [-0.25, -0.2) is 9.69 Å². The predicted octanol–water partition coefficient (Wildman–Crippen LogP) is 3.54. The largest absolute Gasteiger partial charge is 0.439 e. The fourth-order valence-corrected chi connectivity index (χ4v) is 3.27. The number of benzene rings is 2. The Labute approximate surface area is 152 Å². The highest BCUT2D eigenvalue weighted by Gasteiger charge is 2.46. The van der Waals surface area contributed by atoms with Crippen LogP contribution in [0, 0.1) is 5.92 Å². The van der Waals surface area contributed by atoms with Crippen LogP contribution in [0.1, 0.15) is 31.1 Å². The van der Waals surface area contributed by atoms with Crippen molar-refractivity contribution in [3.63, 3.8) is 0 Å². The zero-order chi connectivity index (χ0) is 18.7. The average Bonchev–Trinajstić information content (AvgIpc) is 2.95. The molecule has 1 aliphatic rings. The van der Waals surface area contributed by atoms with Crippen molar-refractivity contribution in [2.24, 2.45) is 5.92 Å². The van der Waals surface area contributed by atoms with Crippen molar-refractivity contribution < 1.29 is 19.1 Å². The van der Waals surface area contributed by atoms with Gasteiger partial charge in [-0.3, -0.25) is 9.59 Å². The predicted molar refractivity (Wildman–Crippen MR) is 96.3 cm³/mol. The van der Waals surface area contributed by atoms with Crippen molar-refractivity contribution in [1.82, 2.24) is 4.90 Å². The molecule has 0 aliphatic carbocycles. The van der Waals surface area contributed by atoms with Crippen LogP contribution in [0.25, 0.3) is 0 Å². The zero-order valence-electron chi connectivity index (χ0n) is 14.8. The first-order chi connectivity index (χ1) is 12.5. The first kappa shape index (κ1) is 17.9. The van der Waals surface area contributed by atoms with Gasteiger partial charge < -0.3 is 4.74 Å². The Morgan fingerprint density at radius 1 is 1.04 bits per heavy atom. The summed E-state index contributed by atoms with van der Waals surface area (Å²) >= 11 is 0. The molecule has 1 fully saturated rings. The zero-order valence-corrected chi connectivity index (χ0v) is 14.8. The first-order valence-electron chi connectivity index (χ1n) is 8.62. The fourth-order valence-electron chi connectivity index (χ4n) is 3.27. The Balaban J connectivity index is 1.82. The van der Waals surface area contributed by atoms with Crippen molar-refractivity contribution in [2.45, 2.75) is 32.4 Å². The maximum absolute atomic E-state index is 13.0. The van der Waals surface area contributed by atoms with Gasteiger partial charge in [-0.1, -0.05) is 60.7 Å². The standard InChI is InChI=1S/C21H21NO4/c1-14-19(17-11-7-4-8-12-17)26-21(25)22(14)20(24)18(15(2)23)13-16-9-5-3-6-10-16/h3-12,14,18-19H,13H2,1-2H3/t14-,18?,19-/m0/s1. The molecule has 5 nitrogen and oxygen atoms in total. The summed E-state index contributed by atoms with van der Waals surface area (Å²) in [6, 6.07) is 18.1. The summed E-state index contributed by atoms with van der Waals surface area (Å²) in [4.78, 5) is 38.6. The average molecular weight is 351 g/mol. The normalized spacial score (nSPS) is 20.5. The van der Waals surface area contributed by atoms with E-state index in [-0.39, 0.29) is 12.2 Å². The van der Waals surface area contributed by atoms with Gasteiger partial charge in [-0.2, -0.15) is 0 Å². The number of hydrogen-bond donors (Lipinski definition) is 0. The van der Waals surface area contributed by atoms with Crippen LogP contribution in [0.4, 0.5) is 4.79 Å². The van der Waals surface area contributed by atoms with Crippen molar-refractivity contribution in [3.8, 4) is 0 Å². The molecule has 0 saturated carbocycles. The lowest BCUT2D eigenvalue weighted by molar-refractivity contribution is -0.138. The molecular weight excluding hydrogens is 330 g/mol. The number of imide groups is 1. The second kappa shape index (κ2) is 7.52. The number of ether oxygens (including phenoxy) is 1. The molecule has 2 aromatic rings. The molecule has 1 heterocycles. The SMILES string of the molecule is CC(=O)C(Cc1ccccc1)C(=O)N1C(=O)O[C@H](c2ccccc2)[C@@H]1C. The molecule has 5 heteroatoms. The van der Waals surface area contributed by atoms with Crippen molar-refractivity contribution >= 4 is 17.8 Å². The molecule has 0 N–H and O–H groups in total. The minimum atomic E-state index is -0.901. The highest BCUT2D eigenvalue weighted by molar-refractivity contribution is 6.06. The molecule has 2 aromatic carbocycles. The highest BCUT2D eigenvalue weighted by atomic mass is 16.6. The lowest BCUT2D eigenvalue weighted by Gasteiger charge is -2.23. The second-order valence-electron chi connectivity index (χ2n) is 6.52. The minimum absolute atomic E-state index is 0.262. The fraction of sp³-hybridized carbons (Fsp3) is 0.286. The van der Waals surface area contributed by atoms with Crippen molar-refractivity contribution in [3.05, 3.63) is 71.8 Å². The van der Waals surface area contributed by atoms with Gasteiger partial charge in [0, 0.05) is 0 Å². The van der Waals surface area contributed by atoms with Crippen LogP contribution in [-0.2, 0) is 20.7 Å². The molecule has 0 radical (unpaired) electrons. The number of ketones is 1. The Morgan fingerprint density at radius 2 is 1.62 bits per heavy atom. The van der Waals surface area contributed by atoms with E-state index in [0.29, 0.717) is 0 Å². The van der Waals surface area contributed by atoms with Crippen LogP contribution < -0.4 is 0 Å². The minimum Gasteiger partial charge on any atom is -0.439 e. The Kier molecular flexibility index (Phi) is 5.16. The maximum atomic E-state index is 13.0. The van der Waals surface area contributed by atoms with Crippen molar-refractivity contribution in [2.75, 3.05) is 0 Å². The molecule has 2 amide bonds. The third-order valence-corrected chi connectivity index (χ3v) is 4.71. The molecule has 134 valence electrons. The number of Topliss-reactive ketones (excluding diaryl/α,β-unsaturated/α-hetero) is 1. The van der Waals surface area contributed by atoms with Gasteiger partial charge >= 0.3 is 6.09 Å². The Morgan fingerprint density at radius 3 is 2.19 bits per heavy atom. The number of nitrogens with zero attached hydrogens (tertiary/aromatic N) is 1. The van der Waals surface area contributed by atoms with Gasteiger partial charge in [0.25, 0.3) is 0 Å². The highest BCUT2D eigenvalue weighted by Crippen LogP contribution is 2.33. The van der Waals surface area contributed by atoms with Crippen LogP contribution in [-0.4, -0.2) is 28.7 Å². The maximum Gasteiger partial charge on any atom is 0.417 e. The van der Waals surface area contributed by atoms with Crippen LogP contribution in [0.5, 0.6) is 0 Å². The number of hydrogen-bond acceptors (Lipinski definition) is 4. The summed E-state index contributed by atoms with van der Waals surface area (Å²) in [6.07, 6.45) is -0.964. The van der Waals surface area contributed by atoms with Crippen LogP contribution in [0.3, 0.4) is 0 Å². The quantitative estimate of drug-likeness (QED) is 0.773. The summed E-state index contributed by atoms with van der Waals surface area (Å²) in [5, 5.41) is 0. The van der Waals surface area contributed by atoms with Crippen LogP contribution in [0.15, 0.2) is 60.7 Å². The number of amides is 2. The number of carbonyl (C=O) groups is 3. The van der Waals surface area contributed by atoms with E-state index in [1.807, 2.05) is 60.7 Å². The Bertz CT molecular complexity index is 803. The third kappa shape index (κ3) is 3.52. The molecule has 3 atom stereocenters. The molecule has 0 aromatic heterocycles. The van der Waals surface area contributed by atoms with Gasteiger partial charge in [0.1, 0.15) is 17.8 Å². The van der Waals surface area contributed by atoms with E-state index in [1.54, 1.807) is 6.92 Å². The third-order valence-electron chi connectivity index (χ3n) is 4.71. The van der Waals surface area contributed by atoms with E-state index < -0.39 is 30.1 Å². The van der Waals surface area contributed by atoms with E-state index in [4.69, 9.17) is 4.74 Å². The number of cyclic esters (lactones) is 1. The summed E-state index contributed by atoms with van der Waals surface area (Å²) in [6.45, 7) is 3.15. The monoisotopic (exact) mass is 351 g/mol. The van der Waals surface area contributed by atoms with Gasteiger partial charge in [0.15, 0.2) is 0 Å². The van der Waals surface area contributed by atoms with Crippen LogP contribution >= 0.6 is 0 Å². The smallest absolute Gasteiger partial charge is 0.417 e. The summed E-state index contributed by atoms with van der Waals surface area (Å²) < 4.78 is 5.43. The topological polar surface area (TPSA) is 63.7 Å². The summed E-state index contributed by atoms with van der Waals surface area (Å²) in [7, 11) is 0. The van der Waals surface area contributed by atoms with E-state index >= 15 is 0 Å². The molecule has 1 aliphatic heterocycles. The van der Waals surface area contributed by atoms with E-state index in [2.05, 4.69) is 0 Å². The molecule has 1 saturated heterocycles. The number of carbonyl (C=O) groups excluding carboxylic acids is 3. The van der Waals surface area contributed by atoms with Gasteiger partial charge in [0.2, 0.25) is 5.91 Å². The summed E-state index contributed by atoms with van der Waals surface area (Å²) in [5.74, 6) is -1.67. The van der Waals surface area contributed by atoms with E-state index in [0.717, 1.165) is 16.0 Å². The molecule has 3 rings (SSSR count). The Hall–Kier alpha value is -2.95. The molecule has 1 unspecified atom stereocenters. The van der Waals surface area contributed by atoms with E-state index in [1.165, 1.54) is 6.92 Å². The number of rotatable bonds is 5. The van der Waals surface area contributed by atoms with E-state index in [9.17, 15) is 14.4 Å². The van der Waals surface area contributed by atoms with Crippen molar-refractivity contribution in [1.29, 1.82) is 0 Å². The van der Waals surface area contributed by atoms with Crippen LogP contribution in [0.2, 0.25) is 0 Å².